The summed E-state index contributed by atoms with van der Waals surface area (Å²) in [5.74, 6) is 0.463. The SMILES string of the molecule is CCC1Oc2ccc(-c3csc(-c4ccccc4)n3)cc2N(CC(=O)N2CCCC2)C1=O. The Bertz CT molecular complexity index is 1140. The number of aromatic nitrogens is 1. The van der Waals surface area contributed by atoms with Crippen LogP contribution < -0.4 is 9.64 Å². The number of rotatable bonds is 5. The lowest BCUT2D eigenvalue weighted by Gasteiger charge is -2.34. The third-order valence-corrected chi connectivity index (χ3v) is 6.90. The summed E-state index contributed by atoms with van der Waals surface area (Å²) < 4.78 is 5.96. The van der Waals surface area contributed by atoms with Gasteiger partial charge >= 0.3 is 0 Å². The van der Waals surface area contributed by atoms with Gasteiger partial charge in [0.25, 0.3) is 5.91 Å². The highest BCUT2D eigenvalue weighted by atomic mass is 32.1. The number of hydrogen-bond donors (Lipinski definition) is 0. The Morgan fingerprint density at radius 1 is 1.12 bits per heavy atom. The van der Waals surface area contributed by atoms with E-state index in [9.17, 15) is 9.59 Å². The first-order valence-corrected chi connectivity index (χ1v) is 11.9. The van der Waals surface area contributed by atoms with Gasteiger partial charge in [0.15, 0.2) is 6.10 Å². The van der Waals surface area contributed by atoms with E-state index in [0.717, 1.165) is 47.8 Å². The van der Waals surface area contributed by atoms with E-state index < -0.39 is 6.10 Å². The maximum atomic E-state index is 13.1. The van der Waals surface area contributed by atoms with Gasteiger partial charge in [0.2, 0.25) is 5.91 Å². The molecule has 5 rings (SSSR count). The van der Waals surface area contributed by atoms with Crippen LogP contribution in [0.1, 0.15) is 26.2 Å². The molecule has 1 aromatic heterocycles. The first-order valence-electron chi connectivity index (χ1n) is 11.0. The highest BCUT2D eigenvalue weighted by molar-refractivity contribution is 7.13. The molecule has 0 bridgehead atoms. The molecule has 3 aromatic rings. The average molecular weight is 448 g/mol. The Morgan fingerprint density at radius 2 is 1.91 bits per heavy atom. The molecule has 2 aromatic carbocycles. The molecular formula is C25H25N3O3S. The van der Waals surface area contributed by atoms with E-state index in [4.69, 9.17) is 9.72 Å². The minimum Gasteiger partial charge on any atom is -0.478 e. The van der Waals surface area contributed by atoms with E-state index in [1.807, 2.05) is 65.7 Å². The van der Waals surface area contributed by atoms with E-state index >= 15 is 0 Å². The zero-order chi connectivity index (χ0) is 22.1. The Balaban J connectivity index is 1.47. The molecule has 0 aliphatic carbocycles. The summed E-state index contributed by atoms with van der Waals surface area (Å²) in [7, 11) is 0. The fraction of sp³-hybridized carbons (Fsp3) is 0.320. The second-order valence-electron chi connectivity index (χ2n) is 8.11. The minimum absolute atomic E-state index is 0.0102. The molecule has 1 fully saturated rings. The molecule has 2 amide bonds. The van der Waals surface area contributed by atoms with Crippen LogP contribution in [-0.4, -0.2) is 47.4 Å². The number of benzene rings is 2. The van der Waals surface area contributed by atoms with Crippen LogP contribution in [0, 0.1) is 0 Å². The topological polar surface area (TPSA) is 62.7 Å². The molecule has 1 atom stereocenters. The number of fused-ring (bicyclic) bond motifs is 1. The van der Waals surface area contributed by atoms with Gasteiger partial charge in [-0.25, -0.2) is 4.98 Å². The summed E-state index contributed by atoms with van der Waals surface area (Å²) in [6.45, 7) is 3.50. The summed E-state index contributed by atoms with van der Waals surface area (Å²) in [5.41, 5.74) is 3.45. The number of ether oxygens (including phenoxy) is 1. The number of thiazole rings is 1. The van der Waals surface area contributed by atoms with Crippen molar-refractivity contribution < 1.29 is 14.3 Å². The Hall–Kier alpha value is -3.19. The van der Waals surface area contributed by atoms with Gasteiger partial charge in [0.1, 0.15) is 17.3 Å². The standard InChI is InChI=1S/C25H25N3O3S/c1-2-21-25(30)28(15-23(29)27-12-6-7-13-27)20-14-18(10-11-22(20)31-21)19-16-32-24(26-19)17-8-4-3-5-9-17/h3-5,8-11,14,16,21H,2,6-7,12-13,15H2,1H3. The lowest BCUT2D eigenvalue weighted by molar-refractivity contribution is -0.132. The number of anilines is 1. The zero-order valence-electron chi connectivity index (χ0n) is 18.0. The van der Waals surface area contributed by atoms with Gasteiger partial charge in [0.05, 0.1) is 11.4 Å². The van der Waals surface area contributed by atoms with Crippen molar-refractivity contribution in [2.24, 2.45) is 0 Å². The number of hydrogen-bond acceptors (Lipinski definition) is 5. The van der Waals surface area contributed by atoms with E-state index in [0.29, 0.717) is 17.9 Å². The summed E-state index contributed by atoms with van der Waals surface area (Å²) >= 11 is 1.58. The minimum atomic E-state index is -0.566. The van der Waals surface area contributed by atoms with Crippen LogP contribution in [0.15, 0.2) is 53.9 Å². The van der Waals surface area contributed by atoms with Gasteiger partial charge < -0.3 is 9.64 Å². The highest BCUT2D eigenvalue weighted by Gasteiger charge is 2.35. The molecule has 6 nitrogen and oxygen atoms in total. The van der Waals surface area contributed by atoms with Crippen molar-refractivity contribution in [1.82, 2.24) is 9.88 Å². The van der Waals surface area contributed by atoms with Crippen molar-refractivity contribution in [3.63, 3.8) is 0 Å². The summed E-state index contributed by atoms with van der Waals surface area (Å²) in [5, 5.41) is 2.96. The van der Waals surface area contributed by atoms with E-state index in [-0.39, 0.29) is 18.4 Å². The molecule has 2 aliphatic heterocycles. The first kappa shape index (κ1) is 20.7. The molecule has 32 heavy (non-hydrogen) atoms. The predicted octanol–water partition coefficient (Wildman–Crippen LogP) is 4.60. The van der Waals surface area contributed by atoms with Crippen LogP contribution in [0.25, 0.3) is 21.8 Å². The third kappa shape index (κ3) is 3.88. The van der Waals surface area contributed by atoms with Crippen molar-refractivity contribution in [3.05, 3.63) is 53.9 Å². The molecule has 2 aliphatic rings. The maximum absolute atomic E-state index is 13.1. The van der Waals surface area contributed by atoms with Gasteiger partial charge in [-0.3, -0.25) is 14.5 Å². The average Bonchev–Trinajstić information content (AvgIpc) is 3.54. The smallest absolute Gasteiger partial charge is 0.268 e. The van der Waals surface area contributed by atoms with Crippen LogP contribution in [0.5, 0.6) is 5.75 Å². The van der Waals surface area contributed by atoms with Crippen LogP contribution in [0.2, 0.25) is 0 Å². The second-order valence-corrected chi connectivity index (χ2v) is 8.97. The highest BCUT2D eigenvalue weighted by Crippen LogP contribution is 2.39. The van der Waals surface area contributed by atoms with Crippen molar-refractivity contribution in [1.29, 1.82) is 0 Å². The van der Waals surface area contributed by atoms with E-state index in [1.54, 1.807) is 16.2 Å². The van der Waals surface area contributed by atoms with Gasteiger partial charge in [-0.2, -0.15) is 0 Å². The van der Waals surface area contributed by atoms with Gasteiger partial charge in [-0.15, -0.1) is 11.3 Å². The number of likely N-dealkylation sites (tertiary alicyclic amines) is 1. The molecule has 7 heteroatoms. The van der Waals surface area contributed by atoms with Gasteiger partial charge in [0, 0.05) is 29.6 Å². The lowest BCUT2D eigenvalue weighted by Crippen LogP contribution is -2.50. The van der Waals surface area contributed by atoms with Crippen molar-refractivity contribution in [2.45, 2.75) is 32.3 Å². The number of nitrogens with zero attached hydrogens (tertiary/aromatic N) is 3. The molecule has 0 spiro atoms. The van der Waals surface area contributed by atoms with Crippen LogP contribution in [0.3, 0.4) is 0 Å². The van der Waals surface area contributed by atoms with Crippen LogP contribution >= 0.6 is 11.3 Å². The van der Waals surface area contributed by atoms with Gasteiger partial charge in [-0.05, 0) is 37.5 Å². The molecule has 3 heterocycles. The molecule has 164 valence electrons. The molecule has 1 unspecified atom stereocenters. The predicted molar refractivity (Wildman–Crippen MR) is 126 cm³/mol. The quantitative estimate of drug-likeness (QED) is 0.573. The number of carbonyl (C=O) groups excluding carboxylic acids is 2. The second kappa shape index (κ2) is 8.74. The Kier molecular flexibility index (Phi) is 5.66. The molecule has 0 radical (unpaired) electrons. The molecule has 0 N–H and O–H groups in total. The van der Waals surface area contributed by atoms with Crippen molar-refractivity contribution >= 4 is 28.8 Å². The van der Waals surface area contributed by atoms with E-state index in [1.165, 1.54) is 0 Å². The molecule has 0 saturated carbocycles. The number of carbonyl (C=O) groups is 2. The first-order chi connectivity index (χ1) is 15.6. The van der Waals surface area contributed by atoms with Crippen molar-refractivity contribution in [3.8, 4) is 27.6 Å². The van der Waals surface area contributed by atoms with Crippen LogP contribution in [-0.2, 0) is 9.59 Å². The van der Waals surface area contributed by atoms with E-state index in [2.05, 4.69) is 0 Å². The largest absolute Gasteiger partial charge is 0.478 e. The summed E-state index contributed by atoms with van der Waals surface area (Å²) in [6.07, 6.45) is 2.04. The lowest BCUT2D eigenvalue weighted by atomic mass is 10.1. The normalized spacial score (nSPS) is 17.9. The molecule has 1 saturated heterocycles. The summed E-state index contributed by atoms with van der Waals surface area (Å²) in [6, 6.07) is 15.8. The van der Waals surface area contributed by atoms with Gasteiger partial charge in [-0.1, -0.05) is 37.3 Å². The number of amides is 2. The zero-order valence-corrected chi connectivity index (χ0v) is 18.8. The fourth-order valence-electron chi connectivity index (χ4n) is 4.23. The fourth-order valence-corrected chi connectivity index (χ4v) is 5.06. The van der Waals surface area contributed by atoms with Crippen molar-refractivity contribution in [2.75, 3.05) is 24.5 Å². The maximum Gasteiger partial charge on any atom is 0.268 e. The third-order valence-electron chi connectivity index (χ3n) is 6.00. The monoisotopic (exact) mass is 447 g/mol. The Labute approximate surface area is 191 Å². The molecular weight excluding hydrogens is 422 g/mol. The Morgan fingerprint density at radius 3 is 2.66 bits per heavy atom. The van der Waals surface area contributed by atoms with Crippen LogP contribution in [0.4, 0.5) is 5.69 Å². The summed E-state index contributed by atoms with van der Waals surface area (Å²) in [4.78, 5) is 34.2.